The zero-order valence-corrected chi connectivity index (χ0v) is 9.72. The van der Waals surface area contributed by atoms with Crippen LogP contribution < -0.4 is 10.2 Å². The Morgan fingerprint density at radius 2 is 1.94 bits per heavy atom. The lowest BCUT2D eigenvalue weighted by atomic mass is 10.2. The van der Waals surface area contributed by atoms with Crippen LogP contribution in [0.1, 0.15) is 6.42 Å². The van der Waals surface area contributed by atoms with Crippen LogP contribution in [0.5, 0.6) is 0 Å². The van der Waals surface area contributed by atoms with Crippen molar-refractivity contribution in [1.29, 1.82) is 0 Å². The standard InChI is InChI=1S/C12H16N2O3/c1-13-8-7-11(15)14(9-12(16)17)10-5-3-2-4-6-10/h2-6,13H,7-9H2,1H3,(H,16,17). The molecule has 17 heavy (non-hydrogen) atoms. The van der Waals surface area contributed by atoms with Crippen molar-refractivity contribution < 1.29 is 14.7 Å². The maximum absolute atomic E-state index is 11.9. The first-order chi connectivity index (χ1) is 8.15. The van der Waals surface area contributed by atoms with Crippen LogP contribution in [-0.4, -0.2) is 37.1 Å². The largest absolute Gasteiger partial charge is 0.480 e. The molecule has 0 unspecified atom stereocenters. The number of nitrogens with zero attached hydrogens (tertiary/aromatic N) is 1. The molecule has 0 fully saturated rings. The Bertz CT molecular complexity index is 379. The molecule has 0 radical (unpaired) electrons. The van der Waals surface area contributed by atoms with Gasteiger partial charge in [-0.05, 0) is 19.2 Å². The third-order valence-electron chi connectivity index (χ3n) is 2.25. The second-order valence-electron chi connectivity index (χ2n) is 3.56. The SMILES string of the molecule is CNCCC(=O)N(CC(=O)O)c1ccccc1. The number of carbonyl (C=O) groups excluding carboxylic acids is 1. The van der Waals surface area contributed by atoms with Gasteiger partial charge in [-0.2, -0.15) is 0 Å². The lowest BCUT2D eigenvalue weighted by Crippen LogP contribution is -2.36. The quantitative estimate of drug-likeness (QED) is 0.763. The molecular formula is C12H16N2O3. The summed E-state index contributed by atoms with van der Waals surface area (Å²) in [5, 5.41) is 11.7. The number of anilines is 1. The van der Waals surface area contributed by atoms with Crippen molar-refractivity contribution >= 4 is 17.6 Å². The Balaban J connectivity index is 2.80. The van der Waals surface area contributed by atoms with E-state index in [1.54, 1.807) is 31.3 Å². The van der Waals surface area contributed by atoms with E-state index >= 15 is 0 Å². The Kier molecular flexibility index (Phi) is 5.16. The fourth-order valence-electron chi connectivity index (χ4n) is 1.43. The lowest BCUT2D eigenvalue weighted by Gasteiger charge is -2.20. The number of benzene rings is 1. The molecule has 5 nitrogen and oxygen atoms in total. The maximum Gasteiger partial charge on any atom is 0.323 e. The van der Waals surface area contributed by atoms with Crippen molar-refractivity contribution in [2.24, 2.45) is 0 Å². The van der Waals surface area contributed by atoms with Crippen LogP contribution in [0.2, 0.25) is 0 Å². The van der Waals surface area contributed by atoms with Crippen LogP contribution in [0.3, 0.4) is 0 Å². The summed E-state index contributed by atoms with van der Waals surface area (Å²) in [4.78, 5) is 23.9. The van der Waals surface area contributed by atoms with Crippen LogP contribution in [0.15, 0.2) is 30.3 Å². The van der Waals surface area contributed by atoms with Gasteiger partial charge in [0, 0.05) is 18.7 Å². The first-order valence-electron chi connectivity index (χ1n) is 5.37. The van der Waals surface area contributed by atoms with Crippen molar-refractivity contribution in [2.75, 3.05) is 25.0 Å². The number of amides is 1. The molecule has 1 aromatic carbocycles. The van der Waals surface area contributed by atoms with Crippen molar-refractivity contribution in [3.8, 4) is 0 Å². The maximum atomic E-state index is 11.9. The zero-order chi connectivity index (χ0) is 12.7. The van der Waals surface area contributed by atoms with Crippen molar-refractivity contribution in [2.45, 2.75) is 6.42 Å². The van der Waals surface area contributed by atoms with Crippen molar-refractivity contribution in [3.63, 3.8) is 0 Å². The van der Waals surface area contributed by atoms with Gasteiger partial charge in [0.15, 0.2) is 0 Å². The van der Waals surface area contributed by atoms with E-state index in [-0.39, 0.29) is 18.9 Å². The number of nitrogens with one attached hydrogen (secondary N) is 1. The van der Waals surface area contributed by atoms with E-state index in [1.807, 2.05) is 6.07 Å². The third-order valence-corrected chi connectivity index (χ3v) is 2.25. The molecule has 0 atom stereocenters. The number of hydrogen-bond acceptors (Lipinski definition) is 3. The van der Waals surface area contributed by atoms with Gasteiger partial charge in [0.25, 0.3) is 0 Å². The van der Waals surface area contributed by atoms with Gasteiger partial charge in [0.1, 0.15) is 6.54 Å². The molecule has 0 bridgehead atoms. The predicted molar refractivity (Wildman–Crippen MR) is 65.0 cm³/mol. The van der Waals surface area contributed by atoms with Crippen LogP contribution in [0.4, 0.5) is 5.69 Å². The topological polar surface area (TPSA) is 69.6 Å². The molecule has 0 aromatic heterocycles. The van der Waals surface area contributed by atoms with E-state index in [1.165, 1.54) is 4.90 Å². The van der Waals surface area contributed by atoms with Gasteiger partial charge >= 0.3 is 5.97 Å². The zero-order valence-electron chi connectivity index (χ0n) is 9.72. The van der Waals surface area contributed by atoms with E-state index in [4.69, 9.17) is 5.11 Å². The monoisotopic (exact) mass is 236 g/mol. The van der Waals surface area contributed by atoms with Crippen molar-refractivity contribution in [3.05, 3.63) is 30.3 Å². The highest BCUT2D eigenvalue weighted by Crippen LogP contribution is 2.13. The molecule has 0 aliphatic rings. The van der Waals surface area contributed by atoms with Gasteiger partial charge in [-0.1, -0.05) is 18.2 Å². The number of carboxylic acids is 1. The summed E-state index contributed by atoms with van der Waals surface area (Å²) in [6.45, 7) is 0.217. The summed E-state index contributed by atoms with van der Waals surface area (Å²) in [5.41, 5.74) is 0.607. The Labute approximate surface area is 100 Å². The first-order valence-corrected chi connectivity index (χ1v) is 5.37. The molecule has 92 valence electrons. The molecule has 5 heteroatoms. The van der Waals surface area contributed by atoms with Crippen molar-refractivity contribution in [1.82, 2.24) is 5.32 Å². The van der Waals surface area contributed by atoms with Gasteiger partial charge in [-0.3, -0.25) is 9.59 Å². The fourth-order valence-corrected chi connectivity index (χ4v) is 1.43. The van der Waals surface area contributed by atoms with E-state index in [0.717, 1.165) is 0 Å². The molecule has 0 aliphatic heterocycles. The average molecular weight is 236 g/mol. The Morgan fingerprint density at radius 1 is 1.29 bits per heavy atom. The van der Waals surface area contributed by atoms with Gasteiger partial charge < -0.3 is 15.3 Å². The number of aliphatic carboxylic acids is 1. The van der Waals surface area contributed by atoms with E-state index < -0.39 is 5.97 Å². The van der Waals surface area contributed by atoms with Gasteiger partial charge in [0.2, 0.25) is 5.91 Å². The number of hydrogen-bond donors (Lipinski definition) is 2. The molecule has 0 spiro atoms. The molecule has 0 heterocycles. The summed E-state index contributed by atoms with van der Waals surface area (Å²) in [6, 6.07) is 8.81. The molecule has 1 rings (SSSR count). The summed E-state index contributed by atoms with van der Waals surface area (Å²) in [5.74, 6) is -1.22. The van der Waals surface area contributed by atoms with Crippen LogP contribution in [0, 0.1) is 0 Å². The Morgan fingerprint density at radius 3 is 2.47 bits per heavy atom. The summed E-state index contributed by atoms with van der Waals surface area (Å²) in [7, 11) is 1.75. The Hall–Kier alpha value is -1.88. The summed E-state index contributed by atoms with van der Waals surface area (Å²) in [6.07, 6.45) is 0.276. The van der Waals surface area contributed by atoms with Crippen LogP contribution in [0.25, 0.3) is 0 Å². The minimum absolute atomic E-state index is 0.201. The minimum Gasteiger partial charge on any atom is -0.480 e. The first kappa shape index (κ1) is 13.2. The van der Waals surface area contributed by atoms with E-state index in [9.17, 15) is 9.59 Å². The van der Waals surface area contributed by atoms with E-state index in [0.29, 0.717) is 12.2 Å². The normalized spacial score (nSPS) is 9.94. The molecule has 0 saturated carbocycles. The van der Waals surface area contributed by atoms with Crippen LogP contribution >= 0.6 is 0 Å². The highest BCUT2D eigenvalue weighted by Gasteiger charge is 2.17. The summed E-state index contributed by atoms with van der Waals surface area (Å²) < 4.78 is 0. The predicted octanol–water partition coefficient (Wildman–Crippen LogP) is 0.714. The molecule has 1 aromatic rings. The third kappa shape index (κ3) is 4.24. The average Bonchev–Trinajstić information content (AvgIpc) is 2.34. The number of para-hydroxylation sites is 1. The number of carbonyl (C=O) groups is 2. The molecule has 1 amide bonds. The number of rotatable bonds is 6. The highest BCUT2D eigenvalue weighted by atomic mass is 16.4. The number of carboxylic acid groups (broad SMARTS) is 1. The fraction of sp³-hybridized carbons (Fsp3) is 0.333. The smallest absolute Gasteiger partial charge is 0.323 e. The minimum atomic E-state index is -1.02. The molecule has 2 N–H and O–H groups in total. The molecular weight excluding hydrogens is 220 g/mol. The molecule has 0 saturated heterocycles. The van der Waals surface area contributed by atoms with Gasteiger partial charge in [-0.15, -0.1) is 0 Å². The highest BCUT2D eigenvalue weighted by molar-refractivity contribution is 5.97. The van der Waals surface area contributed by atoms with Gasteiger partial charge in [0.05, 0.1) is 0 Å². The summed E-state index contributed by atoms with van der Waals surface area (Å²) >= 11 is 0. The van der Waals surface area contributed by atoms with E-state index in [2.05, 4.69) is 5.32 Å². The van der Waals surface area contributed by atoms with Gasteiger partial charge in [-0.25, -0.2) is 0 Å². The second-order valence-corrected chi connectivity index (χ2v) is 3.56. The lowest BCUT2D eigenvalue weighted by molar-refractivity contribution is -0.136. The second kappa shape index (κ2) is 6.65. The van der Waals surface area contributed by atoms with Crippen LogP contribution in [-0.2, 0) is 9.59 Å². The molecule has 0 aliphatic carbocycles.